The number of alkyl carbamates (subject to hydrolysis) is 1. The molecule has 1 atom stereocenters. The first kappa shape index (κ1) is 22.2. The fraction of sp³-hybridized carbons (Fsp3) is 0.318. The Kier molecular flexibility index (Phi) is 6.53. The molecule has 0 aromatic heterocycles. The molecular weight excluding hydrogens is 410 g/mol. The summed E-state index contributed by atoms with van der Waals surface area (Å²) in [6, 6.07) is 15.1. The van der Waals surface area contributed by atoms with Crippen molar-refractivity contribution in [1.29, 1.82) is 0 Å². The number of carboxylic acids is 1. The molecule has 2 aromatic rings. The molecule has 7 nitrogen and oxygen atoms in total. The van der Waals surface area contributed by atoms with E-state index >= 15 is 0 Å². The second-order valence-corrected chi connectivity index (χ2v) is 7.36. The van der Waals surface area contributed by atoms with Crippen LogP contribution in [0, 0.1) is 0 Å². The van der Waals surface area contributed by atoms with Gasteiger partial charge in [0.15, 0.2) is 0 Å². The first-order chi connectivity index (χ1) is 14.7. The van der Waals surface area contributed by atoms with Crippen LogP contribution in [0.3, 0.4) is 0 Å². The van der Waals surface area contributed by atoms with Crippen LogP contribution in [-0.4, -0.2) is 48.2 Å². The van der Waals surface area contributed by atoms with Gasteiger partial charge in [0.05, 0.1) is 6.54 Å². The molecule has 2 amide bonds. The minimum Gasteiger partial charge on any atom is -0.477 e. The maximum atomic E-state index is 13.0. The van der Waals surface area contributed by atoms with E-state index in [0.717, 1.165) is 22.3 Å². The summed E-state index contributed by atoms with van der Waals surface area (Å²) in [5.74, 6) is -7.31. The van der Waals surface area contributed by atoms with Gasteiger partial charge in [-0.3, -0.25) is 4.79 Å². The lowest BCUT2D eigenvalue weighted by molar-refractivity contribution is -0.164. The zero-order chi connectivity index (χ0) is 22.6. The lowest BCUT2D eigenvalue weighted by Gasteiger charge is -2.17. The minimum atomic E-state index is -4.06. The Morgan fingerprint density at radius 2 is 1.61 bits per heavy atom. The number of rotatable bonds is 8. The molecule has 31 heavy (non-hydrogen) atoms. The average Bonchev–Trinajstić information content (AvgIpc) is 3.04. The number of amides is 2. The van der Waals surface area contributed by atoms with Crippen LogP contribution in [0.25, 0.3) is 11.1 Å². The number of fused-ring (bicyclic) bond motifs is 3. The van der Waals surface area contributed by atoms with Crippen molar-refractivity contribution in [1.82, 2.24) is 10.6 Å². The number of carbonyl (C=O) groups is 3. The smallest absolute Gasteiger partial charge is 0.407 e. The second-order valence-electron chi connectivity index (χ2n) is 7.36. The fourth-order valence-corrected chi connectivity index (χ4v) is 3.53. The highest BCUT2D eigenvalue weighted by molar-refractivity contribution is 5.81. The van der Waals surface area contributed by atoms with E-state index in [-0.39, 0.29) is 18.9 Å². The largest absolute Gasteiger partial charge is 0.477 e. The molecule has 1 unspecified atom stereocenters. The van der Waals surface area contributed by atoms with Crippen LogP contribution in [0.15, 0.2) is 48.5 Å². The van der Waals surface area contributed by atoms with Crippen molar-refractivity contribution in [2.75, 3.05) is 13.2 Å². The Hall–Kier alpha value is -3.49. The van der Waals surface area contributed by atoms with Crippen molar-refractivity contribution in [3.05, 3.63) is 59.7 Å². The normalized spacial score (nSPS) is 13.6. The third-order valence-electron chi connectivity index (χ3n) is 5.02. The SMILES string of the molecule is CC(CC(=O)NCC(F)(F)C(=O)O)NC(=O)OCC1c2ccccc2-c2ccccc21. The Morgan fingerprint density at radius 3 is 2.16 bits per heavy atom. The maximum Gasteiger partial charge on any atom is 0.407 e. The quantitative estimate of drug-likeness (QED) is 0.595. The van der Waals surface area contributed by atoms with Gasteiger partial charge in [-0.25, -0.2) is 9.59 Å². The van der Waals surface area contributed by atoms with Crippen molar-refractivity contribution in [3.63, 3.8) is 0 Å². The van der Waals surface area contributed by atoms with Gasteiger partial charge in [0.25, 0.3) is 0 Å². The standard InChI is InChI=1S/C22H22F2N2O5/c1-13(10-19(27)25-12-22(23,24)20(28)29)26-21(30)31-11-18-16-8-4-2-6-14(16)15-7-3-5-9-17(15)18/h2-9,13,18H,10-12H2,1H3,(H,25,27)(H,26,30)(H,28,29). The Bertz CT molecular complexity index is 950. The molecule has 0 aliphatic heterocycles. The predicted octanol–water partition coefficient (Wildman–Crippen LogP) is 3.14. The van der Waals surface area contributed by atoms with Crippen LogP contribution in [0.4, 0.5) is 13.6 Å². The van der Waals surface area contributed by atoms with E-state index in [0.29, 0.717) is 0 Å². The van der Waals surface area contributed by atoms with E-state index in [9.17, 15) is 23.2 Å². The van der Waals surface area contributed by atoms with E-state index in [4.69, 9.17) is 9.84 Å². The van der Waals surface area contributed by atoms with Gasteiger partial charge in [-0.2, -0.15) is 8.78 Å². The molecule has 2 aromatic carbocycles. The third kappa shape index (κ3) is 5.17. The molecule has 0 saturated heterocycles. The number of hydrogen-bond acceptors (Lipinski definition) is 4. The number of hydrogen-bond donors (Lipinski definition) is 3. The Morgan fingerprint density at radius 1 is 1.06 bits per heavy atom. The van der Waals surface area contributed by atoms with Crippen LogP contribution in [-0.2, 0) is 14.3 Å². The van der Waals surface area contributed by atoms with Gasteiger partial charge in [0.1, 0.15) is 6.61 Å². The number of ether oxygens (including phenoxy) is 1. The molecule has 0 bridgehead atoms. The van der Waals surface area contributed by atoms with Crippen molar-refractivity contribution >= 4 is 18.0 Å². The van der Waals surface area contributed by atoms with Gasteiger partial charge in [0.2, 0.25) is 5.91 Å². The van der Waals surface area contributed by atoms with Crippen molar-refractivity contribution in [2.24, 2.45) is 0 Å². The van der Waals surface area contributed by atoms with Gasteiger partial charge in [-0.15, -0.1) is 0 Å². The average molecular weight is 432 g/mol. The summed E-state index contributed by atoms with van der Waals surface area (Å²) in [4.78, 5) is 34.2. The number of halogens is 2. The molecule has 164 valence electrons. The number of carbonyl (C=O) groups excluding carboxylic acids is 2. The van der Waals surface area contributed by atoms with Crippen LogP contribution in [0.1, 0.15) is 30.4 Å². The predicted molar refractivity (Wildman–Crippen MR) is 108 cm³/mol. The van der Waals surface area contributed by atoms with Crippen LogP contribution in [0.2, 0.25) is 0 Å². The minimum absolute atomic E-state index is 0.101. The number of benzene rings is 2. The van der Waals surface area contributed by atoms with Crippen molar-refractivity contribution < 1.29 is 33.0 Å². The van der Waals surface area contributed by atoms with Gasteiger partial charge in [0, 0.05) is 18.4 Å². The molecule has 3 rings (SSSR count). The number of aliphatic carboxylic acids is 1. The maximum absolute atomic E-state index is 13.0. The molecule has 0 saturated carbocycles. The first-order valence-corrected chi connectivity index (χ1v) is 9.68. The molecule has 1 aliphatic rings. The molecule has 1 aliphatic carbocycles. The molecule has 0 heterocycles. The number of alkyl halides is 2. The van der Waals surface area contributed by atoms with E-state index in [1.54, 1.807) is 0 Å². The van der Waals surface area contributed by atoms with E-state index < -0.39 is 36.5 Å². The van der Waals surface area contributed by atoms with E-state index in [1.165, 1.54) is 6.92 Å². The highest BCUT2D eigenvalue weighted by Crippen LogP contribution is 2.44. The highest BCUT2D eigenvalue weighted by atomic mass is 19.3. The summed E-state index contributed by atoms with van der Waals surface area (Å²) in [7, 11) is 0. The van der Waals surface area contributed by atoms with E-state index in [2.05, 4.69) is 5.32 Å². The van der Waals surface area contributed by atoms with Crippen molar-refractivity contribution in [3.8, 4) is 11.1 Å². The fourth-order valence-electron chi connectivity index (χ4n) is 3.53. The Balaban J connectivity index is 1.50. The summed E-state index contributed by atoms with van der Waals surface area (Å²) in [5.41, 5.74) is 4.30. The summed E-state index contributed by atoms with van der Waals surface area (Å²) in [6.45, 7) is 0.290. The highest BCUT2D eigenvalue weighted by Gasteiger charge is 2.39. The third-order valence-corrected chi connectivity index (χ3v) is 5.02. The van der Waals surface area contributed by atoms with Crippen LogP contribution >= 0.6 is 0 Å². The monoisotopic (exact) mass is 432 g/mol. The van der Waals surface area contributed by atoms with Crippen LogP contribution < -0.4 is 10.6 Å². The summed E-state index contributed by atoms with van der Waals surface area (Å²) >= 11 is 0. The zero-order valence-corrected chi connectivity index (χ0v) is 16.7. The lowest BCUT2D eigenvalue weighted by Crippen LogP contribution is -2.44. The second kappa shape index (κ2) is 9.11. The molecule has 0 spiro atoms. The lowest BCUT2D eigenvalue weighted by atomic mass is 9.98. The zero-order valence-electron chi connectivity index (χ0n) is 16.7. The number of carboxylic acid groups (broad SMARTS) is 1. The molecule has 3 N–H and O–H groups in total. The summed E-state index contributed by atoms with van der Waals surface area (Å²) in [5, 5.41) is 12.7. The molecule has 0 radical (unpaired) electrons. The Labute approximate surface area is 177 Å². The topological polar surface area (TPSA) is 105 Å². The van der Waals surface area contributed by atoms with Gasteiger partial charge < -0.3 is 20.5 Å². The number of nitrogens with one attached hydrogen (secondary N) is 2. The van der Waals surface area contributed by atoms with Gasteiger partial charge >= 0.3 is 18.0 Å². The van der Waals surface area contributed by atoms with E-state index in [1.807, 2.05) is 53.8 Å². The molecular formula is C22H22F2N2O5. The summed E-state index contributed by atoms with van der Waals surface area (Å²) < 4.78 is 31.4. The summed E-state index contributed by atoms with van der Waals surface area (Å²) in [6.07, 6.45) is -1.04. The van der Waals surface area contributed by atoms with Crippen LogP contribution in [0.5, 0.6) is 0 Å². The molecule has 9 heteroatoms. The van der Waals surface area contributed by atoms with Gasteiger partial charge in [-0.1, -0.05) is 48.5 Å². The molecule has 0 fully saturated rings. The first-order valence-electron chi connectivity index (χ1n) is 9.68. The van der Waals surface area contributed by atoms with Gasteiger partial charge in [-0.05, 0) is 29.2 Å². The van der Waals surface area contributed by atoms with Crippen molar-refractivity contribution in [2.45, 2.75) is 31.2 Å².